The van der Waals surface area contributed by atoms with Crippen molar-refractivity contribution in [3.63, 3.8) is 0 Å². The normalized spacial score (nSPS) is 26.0. The van der Waals surface area contributed by atoms with Crippen LogP contribution in [0.25, 0.3) is 0 Å². The highest BCUT2D eigenvalue weighted by molar-refractivity contribution is 7.92. The summed E-state index contributed by atoms with van der Waals surface area (Å²) >= 11 is 5.31. The Morgan fingerprint density at radius 2 is 1.93 bits per heavy atom. The van der Waals surface area contributed by atoms with E-state index in [9.17, 15) is 8.42 Å². The van der Waals surface area contributed by atoms with Gasteiger partial charge in [-0.25, -0.2) is 8.42 Å². The van der Waals surface area contributed by atoms with Gasteiger partial charge in [-0.3, -0.25) is 0 Å². The lowest BCUT2D eigenvalue weighted by atomic mass is 9.99. The molecule has 2 N–H and O–H groups in total. The Balaban J connectivity index is 1.82. The van der Waals surface area contributed by atoms with Crippen LogP contribution in [0.5, 0.6) is 11.5 Å². The van der Waals surface area contributed by atoms with E-state index in [2.05, 4.69) is 0 Å². The van der Waals surface area contributed by atoms with E-state index in [0.717, 1.165) is 5.56 Å². The molecule has 0 spiro atoms. The number of hydrogen-bond donors (Lipinski definition) is 1. The first-order chi connectivity index (χ1) is 12.9. The van der Waals surface area contributed by atoms with E-state index in [1.54, 1.807) is 42.5 Å². The molecule has 1 aliphatic heterocycles. The maximum absolute atomic E-state index is 13.4. The predicted molar refractivity (Wildman–Crippen MR) is 104 cm³/mol. The average molecular weight is 405 g/mol. The zero-order chi connectivity index (χ0) is 19.2. The summed E-state index contributed by atoms with van der Waals surface area (Å²) < 4.78 is 42.9. The molecule has 142 valence electrons. The van der Waals surface area contributed by atoms with E-state index in [4.69, 9.17) is 32.2 Å². The van der Waals surface area contributed by atoms with Gasteiger partial charge in [0.25, 0.3) is 0 Å². The first kappa shape index (κ1) is 18.2. The summed E-state index contributed by atoms with van der Waals surface area (Å²) in [7, 11) is -2.16. The first-order valence-corrected chi connectivity index (χ1v) is 10.4. The van der Waals surface area contributed by atoms with Crippen LogP contribution >= 0.6 is 12.2 Å². The van der Waals surface area contributed by atoms with Gasteiger partial charge in [0.2, 0.25) is 6.79 Å². The van der Waals surface area contributed by atoms with Crippen LogP contribution in [0.3, 0.4) is 0 Å². The van der Waals surface area contributed by atoms with Gasteiger partial charge in [0, 0.05) is 13.0 Å². The standard InChI is InChI=1S/C19H19NO5S2/c1-23-10-19(18(20)26)16(12-7-8-14-15(9-12)25-11-24-14)17(19)27(21,22)13-5-3-2-4-6-13/h2-9,16-17H,10-11H2,1H3,(H2,20,26)/t16-,17+,19+/m1/s1. The second-order valence-corrected chi connectivity index (χ2v) is 9.22. The number of benzene rings is 2. The minimum absolute atomic E-state index is 0.123. The molecule has 8 heteroatoms. The minimum atomic E-state index is -3.67. The summed E-state index contributed by atoms with van der Waals surface area (Å²) in [5, 5.41) is -0.801. The van der Waals surface area contributed by atoms with Gasteiger partial charge in [-0.05, 0) is 29.8 Å². The molecule has 6 nitrogen and oxygen atoms in total. The smallest absolute Gasteiger partial charge is 0.231 e. The number of rotatable bonds is 6. The largest absolute Gasteiger partial charge is 0.454 e. The second-order valence-electron chi connectivity index (χ2n) is 6.71. The molecular formula is C19H19NO5S2. The van der Waals surface area contributed by atoms with E-state index in [-0.39, 0.29) is 23.3 Å². The zero-order valence-corrected chi connectivity index (χ0v) is 16.3. The van der Waals surface area contributed by atoms with Crippen LogP contribution in [0, 0.1) is 5.41 Å². The Morgan fingerprint density at radius 1 is 1.22 bits per heavy atom. The van der Waals surface area contributed by atoms with Crippen LogP contribution in [-0.2, 0) is 14.6 Å². The van der Waals surface area contributed by atoms with Crippen LogP contribution in [0.15, 0.2) is 53.4 Å². The lowest BCUT2D eigenvalue weighted by Crippen LogP contribution is -2.33. The highest BCUT2D eigenvalue weighted by Crippen LogP contribution is 2.65. The van der Waals surface area contributed by atoms with E-state index >= 15 is 0 Å². The number of nitrogens with two attached hydrogens (primary N) is 1. The second kappa shape index (κ2) is 6.47. The Labute approximate surface area is 163 Å². The van der Waals surface area contributed by atoms with Crippen molar-refractivity contribution in [3.05, 3.63) is 54.1 Å². The van der Waals surface area contributed by atoms with Crippen molar-refractivity contribution in [1.82, 2.24) is 0 Å². The Hall–Kier alpha value is -2.16. The lowest BCUT2D eigenvalue weighted by molar-refractivity contribution is 0.166. The van der Waals surface area contributed by atoms with Gasteiger partial charge >= 0.3 is 0 Å². The number of fused-ring (bicyclic) bond motifs is 1. The van der Waals surface area contributed by atoms with Crippen LogP contribution in [-0.4, -0.2) is 39.2 Å². The third kappa shape index (κ3) is 2.70. The molecule has 0 unspecified atom stereocenters. The molecule has 4 rings (SSSR count). The van der Waals surface area contributed by atoms with Crippen molar-refractivity contribution in [3.8, 4) is 11.5 Å². The molecule has 0 saturated heterocycles. The van der Waals surface area contributed by atoms with Crippen LogP contribution in [0.4, 0.5) is 0 Å². The van der Waals surface area contributed by atoms with Crippen molar-refractivity contribution in [2.75, 3.05) is 20.5 Å². The van der Waals surface area contributed by atoms with Gasteiger partial charge in [0.1, 0.15) is 0 Å². The third-order valence-electron chi connectivity index (χ3n) is 5.26. The molecule has 2 aromatic carbocycles. The van der Waals surface area contributed by atoms with Crippen molar-refractivity contribution in [1.29, 1.82) is 0 Å². The summed E-state index contributed by atoms with van der Waals surface area (Å²) in [6.45, 7) is 0.270. The molecule has 3 atom stereocenters. The molecule has 1 aliphatic carbocycles. The zero-order valence-electron chi connectivity index (χ0n) is 14.6. The quantitative estimate of drug-likeness (QED) is 0.738. The summed E-state index contributed by atoms with van der Waals surface area (Å²) in [5.74, 6) is 0.800. The topological polar surface area (TPSA) is 87.8 Å². The van der Waals surface area contributed by atoms with E-state index in [1.165, 1.54) is 7.11 Å². The molecule has 0 amide bonds. The molecule has 2 aromatic rings. The number of hydrogen-bond acceptors (Lipinski definition) is 6. The fourth-order valence-corrected chi connectivity index (χ4v) is 6.76. The maximum Gasteiger partial charge on any atom is 0.231 e. The average Bonchev–Trinajstić information content (AvgIpc) is 3.13. The number of ether oxygens (including phenoxy) is 3. The van der Waals surface area contributed by atoms with Gasteiger partial charge in [-0.15, -0.1) is 0 Å². The van der Waals surface area contributed by atoms with E-state index in [1.807, 2.05) is 6.07 Å². The van der Waals surface area contributed by atoms with Crippen LogP contribution in [0.1, 0.15) is 11.5 Å². The molecule has 27 heavy (non-hydrogen) atoms. The maximum atomic E-state index is 13.4. The first-order valence-electron chi connectivity index (χ1n) is 8.40. The molecule has 1 saturated carbocycles. The molecular weight excluding hydrogens is 386 g/mol. The molecule has 0 bridgehead atoms. The Kier molecular flexibility index (Phi) is 4.37. The van der Waals surface area contributed by atoms with E-state index in [0.29, 0.717) is 11.5 Å². The van der Waals surface area contributed by atoms with Gasteiger partial charge in [0.15, 0.2) is 21.3 Å². The Morgan fingerprint density at radius 3 is 2.59 bits per heavy atom. The summed E-state index contributed by atoms with van der Waals surface area (Å²) in [4.78, 5) is 0.381. The van der Waals surface area contributed by atoms with Gasteiger partial charge in [-0.1, -0.05) is 36.5 Å². The van der Waals surface area contributed by atoms with Crippen molar-refractivity contribution >= 4 is 27.0 Å². The molecule has 0 radical (unpaired) electrons. The molecule has 1 heterocycles. The van der Waals surface area contributed by atoms with Crippen molar-refractivity contribution in [2.24, 2.45) is 11.1 Å². The highest BCUT2D eigenvalue weighted by atomic mass is 32.2. The predicted octanol–water partition coefficient (Wildman–Crippen LogP) is 2.27. The summed E-state index contributed by atoms with van der Waals surface area (Å²) in [6, 6.07) is 13.8. The number of sulfone groups is 1. The number of methoxy groups -OCH3 is 1. The summed E-state index contributed by atoms with van der Waals surface area (Å²) in [5.41, 5.74) is 5.88. The van der Waals surface area contributed by atoms with Gasteiger partial charge in [-0.2, -0.15) is 0 Å². The van der Waals surface area contributed by atoms with Crippen LogP contribution < -0.4 is 15.2 Å². The number of thiocarbonyl (C=S) groups is 1. The molecule has 0 aromatic heterocycles. The minimum Gasteiger partial charge on any atom is -0.454 e. The lowest BCUT2D eigenvalue weighted by Gasteiger charge is -2.16. The molecule has 1 fully saturated rings. The SMILES string of the molecule is COC[C@]1(C(N)=S)[C@H](c2ccc3c(c2)OCO3)[C@@H]1S(=O)(=O)c1ccccc1. The highest BCUT2D eigenvalue weighted by Gasteiger charge is 2.73. The monoisotopic (exact) mass is 405 g/mol. The van der Waals surface area contributed by atoms with Gasteiger partial charge < -0.3 is 19.9 Å². The summed E-state index contributed by atoms with van der Waals surface area (Å²) in [6.07, 6.45) is 0. The fraction of sp³-hybridized carbons (Fsp3) is 0.316. The van der Waals surface area contributed by atoms with Gasteiger partial charge in [0.05, 0.1) is 27.2 Å². The third-order valence-corrected chi connectivity index (χ3v) is 7.93. The molecule has 2 aliphatic rings. The fourth-order valence-electron chi connectivity index (χ4n) is 3.97. The van der Waals surface area contributed by atoms with E-state index < -0.39 is 26.4 Å². The Bertz CT molecular complexity index is 992. The van der Waals surface area contributed by atoms with Crippen molar-refractivity contribution in [2.45, 2.75) is 16.1 Å². The van der Waals surface area contributed by atoms with Crippen LogP contribution in [0.2, 0.25) is 0 Å². The van der Waals surface area contributed by atoms with Crippen molar-refractivity contribution < 1.29 is 22.6 Å².